The number of rotatable bonds is 6. The number of hydrogen-bond donors (Lipinski definition) is 0. The molecule has 0 radical (unpaired) electrons. The molecular weight excluding hydrogens is 713 g/mol. The quantitative estimate of drug-likeness (QED) is 0.158. The van der Waals surface area contributed by atoms with Crippen molar-refractivity contribution < 1.29 is 0 Å². The highest BCUT2D eigenvalue weighted by atomic mass is 14.9. The zero-order chi connectivity index (χ0) is 39.1. The van der Waals surface area contributed by atoms with Crippen LogP contribution < -0.4 is 0 Å². The van der Waals surface area contributed by atoms with Crippen molar-refractivity contribution in [3.63, 3.8) is 0 Å². The lowest BCUT2D eigenvalue weighted by atomic mass is 9.84. The van der Waals surface area contributed by atoms with Crippen molar-refractivity contribution in [1.29, 1.82) is 0 Å². The van der Waals surface area contributed by atoms with Gasteiger partial charge in [-0.25, -0.2) is 9.97 Å². The molecule has 11 rings (SSSR count). The molecule has 0 N–H and O–H groups in total. The molecule has 10 aromatic rings. The first kappa shape index (κ1) is 34.6. The Morgan fingerprint density at radius 1 is 0.322 bits per heavy atom. The van der Waals surface area contributed by atoms with Crippen molar-refractivity contribution in [2.45, 2.75) is 6.42 Å². The number of allylic oxidation sites excluding steroid dienone is 2. The van der Waals surface area contributed by atoms with Gasteiger partial charge in [0.05, 0.1) is 11.4 Å². The van der Waals surface area contributed by atoms with Gasteiger partial charge in [-0.3, -0.25) is 0 Å². The monoisotopic (exact) mass is 750 g/mol. The van der Waals surface area contributed by atoms with Crippen molar-refractivity contribution in [3.8, 4) is 67.3 Å². The zero-order valence-corrected chi connectivity index (χ0v) is 32.4. The molecule has 2 heteroatoms. The predicted molar refractivity (Wildman–Crippen MR) is 250 cm³/mol. The molecular formula is C57H38N2. The van der Waals surface area contributed by atoms with Gasteiger partial charge in [0.2, 0.25) is 0 Å². The minimum absolute atomic E-state index is 0.701. The topological polar surface area (TPSA) is 25.8 Å². The van der Waals surface area contributed by atoms with Crippen LogP contribution in [-0.2, 0) is 0 Å². The van der Waals surface area contributed by atoms with Crippen LogP contribution in [0.3, 0.4) is 0 Å². The highest BCUT2D eigenvalue weighted by molar-refractivity contribution is 6.24. The van der Waals surface area contributed by atoms with E-state index >= 15 is 0 Å². The average Bonchev–Trinajstić information content (AvgIpc) is 3.57. The van der Waals surface area contributed by atoms with Gasteiger partial charge in [-0.15, -0.1) is 0 Å². The van der Waals surface area contributed by atoms with Gasteiger partial charge in [0.1, 0.15) is 0 Å². The van der Waals surface area contributed by atoms with Crippen LogP contribution in [0.25, 0.3) is 112 Å². The Morgan fingerprint density at radius 2 is 0.797 bits per heavy atom. The van der Waals surface area contributed by atoms with Crippen molar-refractivity contribution in [2.75, 3.05) is 0 Å². The maximum atomic E-state index is 5.37. The van der Waals surface area contributed by atoms with E-state index in [1.807, 2.05) is 6.07 Å². The number of aromatic nitrogens is 2. The average molecular weight is 751 g/mol. The summed E-state index contributed by atoms with van der Waals surface area (Å²) in [4.78, 5) is 10.7. The molecule has 0 aliphatic heterocycles. The molecule has 0 unspecified atom stereocenters. The number of benzene rings is 9. The second kappa shape index (κ2) is 14.7. The van der Waals surface area contributed by atoms with E-state index in [9.17, 15) is 0 Å². The Hall–Kier alpha value is -7.68. The van der Waals surface area contributed by atoms with Crippen LogP contribution in [0.2, 0.25) is 0 Å². The normalized spacial score (nSPS) is 12.2. The fraction of sp³-hybridized carbons (Fsp3) is 0.0175. The molecule has 0 fully saturated rings. The van der Waals surface area contributed by atoms with E-state index in [1.165, 1.54) is 65.9 Å². The molecule has 1 heterocycles. The maximum Gasteiger partial charge on any atom is 0.160 e. The second-order valence-corrected chi connectivity index (χ2v) is 15.2. The summed E-state index contributed by atoms with van der Waals surface area (Å²) in [6, 6.07) is 69.7. The molecule has 1 aliphatic carbocycles. The maximum absolute atomic E-state index is 5.37. The smallest absolute Gasteiger partial charge is 0.160 e. The highest BCUT2D eigenvalue weighted by Crippen LogP contribution is 2.47. The minimum Gasteiger partial charge on any atom is -0.228 e. The van der Waals surface area contributed by atoms with E-state index in [1.54, 1.807) is 0 Å². The standard InChI is InChI=1S/C57H38N2/c1-5-19-38(20-6-1)42-35-41-25-11-4-12-26-43(41)52(36-42)54-37-53(58-57(59-54)40-23-9-3-10-24-40)46-33-34-51(45-28-14-13-27-44(45)46)56-49-31-17-15-29-47(49)55(39-21-7-2-8-22-39)48-30-16-18-32-50(48)56/h1-3,5-37H,4H2. The molecule has 59 heavy (non-hydrogen) atoms. The zero-order valence-electron chi connectivity index (χ0n) is 32.4. The number of fused-ring (bicyclic) bond motifs is 4. The Balaban J connectivity index is 1.17. The molecule has 0 amide bonds. The predicted octanol–water partition coefficient (Wildman–Crippen LogP) is 15.4. The van der Waals surface area contributed by atoms with Crippen LogP contribution in [-0.4, -0.2) is 9.97 Å². The van der Waals surface area contributed by atoms with Gasteiger partial charge >= 0.3 is 0 Å². The lowest BCUT2D eigenvalue weighted by Gasteiger charge is -2.20. The lowest BCUT2D eigenvalue weighted by Crippen LogP contribution is -1.99. The Morgan fingerprint density at radius 3 is 1.42 bits per heavy atom. The van der Waals surface area contributed by atoms with Crippen LogP contribution in [0.5, 0.6) is 0 Å². The molecule has 0 spiro atoms. The van der Waals surface area contributed by atoms with E-state index in [-0.39, 0.29) is 0 Å². The largest absolute Gasteiger partial charge is 0.228 e. The van der Waals surface area contributed by atoms with E-state index in [0.29, 0.717) is 5.82 Å². The molecule has 0 saturated carbocycles. The second-order valence-electron chi connectivity index (χ2n) is 15.2. The van der Waals surface area contributed by atoms with Crippen LogP contribution in [0, 0.1) is 0 Å². The third-order valence-corrected chi connectivity index (χ3v) is 11.7. The number of hydrogen-bond acceptors (Lipinski definition) is 2. The summed E-state index contributed by atoms with van der Waals surface area (Å²) >= 11 is 0. The summed E-state index contributed by atoms with van der Waals surface area (Å²) in [6.45, 7) is 0. The van der Waals surface area contributed by atoms with Gasteiger partial charge < -0.3 is 0 Å². The minimum atomic E-state index is 0.701. The highest BCUT2D eigenvalue weighted by Gasteiger charge is 2.21. The lowest BCUT2D eigenvalue weighted by molar-refractivity contribution is 1.18. The van der Waals surface area contributed by atoms with Gasteiger partial charge in [0, 0.05) is 16.7 Å². The number of nitrogens with zero attached hydrogens (tertiary/aromatic N) is 2. The third kappa shape index (κ3) is 6.14. The van der Waals surface area contributed by atoms with Gasteiger partial charge in [-0.1, -0.05) is 200 Å². The van der Waals surface area contributed by atoms with Gasteiger partial charge in [0.25, 0.3) is 0 Å². The fourth-order valence-corrected chi connectivity index (χ4v) is 8.98. The molecule has 1 aromatic heterocycles. The summed E-state index contributed by atoms with van der Waals surface area (Å²) < 4.78 is 0. The van der Waals surface area contributed by atoms with Crippen LogP contribution >= 0.6 is 0 Å². The first-order valence-electron chi connectivity index (χ1n) is 20.3. The van der Waals surface area contributed by atoms with Gasteiger partial charge in [-0.2, -0.15) is 0 Å². The van der Waals surface area contributed by atoms with Gasteiger partial charge in [0.15, 0.2) is 5.82 Å². The van der Waals surface area contributed by atoms with Crippen molar-refractivity contribution in [2.24, 2.45) is 0 Å². The molecule has 2 nitrogen and oxygen atoms in total. The Bertz CT molecular complexity index is 3210. The molecule has 1 aliphatic rings. The summed E-state index contributed by atoms with van der Waals surface area (Å²) in [5.41, 5.74) is 14.5. The molecule has 0 bridgehead atoms. The van der Waals surface area contributed by atoms with E-state index in [4.69, 9.17) is 9.97 Å². The molecule has 276 valence electrons. The first-order valence-corrected chi connectivity index (χ1v) is 20.3. The third-order valence-electron chi connectivity index (χ3n) is 11.7. The van der Waals surface area contributed by atoms with E-state index < -0.39 is 0 Å². The van der Waals surface area contributed by atoms with Crippen LogP contribution in [0.15, 0.2) is 206 Å². The Kier molecular flexibility index (Phi) is 8.60. The molecule has 0 atom stereocenters. The summed E-state index contributed by atoms with van der Waals surface area (Å²) in [6.07, 6.45) is 9.86. The van der Waals surface area contributed by atoms with E-state index in [2.05, 4.69) is 212 Å². The first-order chi connectivity index (χ1) is 29.3. The van der Waals surface area contributed by atoms with Crippen LogP contribution in [0.1, 0.15) is 17.5 Å². The SMILES string of the molecule is C1=Cc2cc(-c3ccccc3)cc(-c3cc(-c4ccc(-c5c6ccccc6c(-c6ccccc6)c6ccccc56)c5ccccc45)nc(-c4ccccc4)n3)c2C=CC1. The van der Waals surface area contributed by atoms with Gasteiger partial charge in [-0.05, 0) is 101 Å². The van der Waals surface area contributed by atoms with Crippen molar-refractivity contribution >= 4 is 44.5 Å². The summed E-state index contributed by atoms with van der Waals surface area (Å²) in [5, 5.41) is 7.29. The molecule has 9 aromatic carbocycles. The van der Waals surface area contributed by atoms with Crippen LogP contribution in [0.4, 0.5) is 0 Å². The summed E-state index contributed by atoms with van der Waals surface area (Å²) in [5.74, 6) is 0.701. The fourth-order valence-electron chi connectivity index (χ4n) is 8.98. The van der Waals surface area contributed by atoms with Crippen molar-refractivity contribution in [1.82, 2.24) is 9.97 Å². The summed E-state index contributed by atoms with van der Waals surface area (Å²) in [7, 11) is 0. The molecule has 0 saturated heterocycles. The Labute approximate surface area is 344 Å². The van der Waals surface area contributed by atoms with Crippen molar-refractivity contribution in [3.05, 3.63) is 217 Å². The van der Waals surface area contributed by atoms with E-state index in [0.717, 1.165) is 45.4 Å².